The molecule has 3 fully saturated rings. The number of hydrogen-bond acceptors (Lipinski definition) is 11. The van der Waals surface area contributed by atoms with E-state index in [1.54, 1.807) is 26.3 Å². The molecule has 4 amide bonds. The lowest BCUT2D eigenvalue weighted by Gasteiger charge is -2.36. The van der Waals surface area contributed by atoms with Crippen molar-refractivity contribution in [1.82, 2.24) is 25.2 Å². The summed E-state index contributed by atoms with van der Waals surface area (Å²) in [5.74, 6) is -1.75. The minimum absolute atomic E-state index is 0.000458. The lowest BCUT2D eigenvalue weighted by molar-refractivity contribution is -0.142. The Morgan fingerprint density at radius 3 is 2.54 bits per heavy atom. The van der Waals surface area contributed by atoms with Crippen molar-refractivity contribution in [3.05, 3.63) is 66.0 Å². The van der Waals surface area contributed by atoms with Gasteiger partial charge in [0, 0.05) is 36.7 Å². The first-order valence-corrected chi connectivity index (χ1v) is 21.8. The molecule has 318 valence electrons. The zero-order valence-electron chi connectivity index (χ0n) is 34.1. The first kappa shape index (κ1) is 42.0. The molecule has 2 aliphatic carbocycles. The van der Waals surface area contributed by atoms with Crippen molar-refractivity contribution in [2.75, 3.05) is 25.7 Å². The molecule has 4 heterocycles. The highest BCUT2D eigenvalue weighted by Crippen LogP contribution is 2.48. The van der Waals surface area contributed by atoms with Crippen LogP contribution in [0.15, 0.2) is 54.9 Å². The van der Waals surface area contributed by atoms with Crippen LogP contribution < -0.4 is 29.7 Å². The van der Waals surface area contributed by atoms with Gasteiger partial charge in [-0.05, 0) is 87.1 Å². The number of aromatic nitrogens is 1. The number of carbonyl (C=O) groups is 4. The number of carbonyl (C=O) groups excluding carboxylic acids is 3. The topological polar surface area (TPSA) is 206 Å². The normalized spacial score (nSPS) is 30.6. The summed E-state index contributed by atoms with van der Waals surface area (Å²) in [5.41, 5.74) is 0.718. The Hall–Kier alpha value is -5.16. The Balaban J connectivity index is 1.25. The predicted octanol–water partition coefficient (Wildman–Crippen LogP) is 4.49. The zero-order valence-corrected chi connectivity index (χ0v) is 34.9. The van der Waals surface area contributed by atoms with Crippen molar-refractivity contribution in [3.8, 4) is 11.6 Å². The Bertz CT molecular complexity index is 2120. The zero-order chi connectivity index (χ0) is 42.3. The standard InChI is InChI=1S/C42H54N6O10S/c1-6-26-19-25(2)9-7-8-10-28-22-42(28,39(51)46-59(54,55)41(3)16-17-41)45-36(49)33-21-31(24-48(33)37(50)35(26)44-40(52)53)58-38-32-13-12-30(56-4)20-27(32)15-18-47(38)29-11-14-34(57-5)43-23-29/h8,10-15,18,20,23,25-26,28,31,33,35,38,44H,6-7,9,16-17,19,21-22,24H2,1-5H3,(H,45,49)(H,46,51)(H,52,53)/b10-8-/t25-,26-,28-,31-,33+,35+,38?,42-/m1/s1. The van der Waals surface area contributed by atoms with Crippen molar-refractivity contribution in [2.45, 2.75) is 107 Å². The predicted molar refractivity (Wildman–Crippen MR) is 218 cm³/mol. The van der Waals surface area contributed by atoms with Crippen LogP contribution in [-0.4, -0.2) is 96.5 Å². The number of sulfonamides is 1. The maximum atomic E-state index is 14.8. The summed E-state index contributed by atoms with van der Waals surface area (Å²) >= 11 is 0. The largest absolute Gasteiger partial charge is 0.497 e. The number of methoxy groups -OCH3 is 2. The van der Waals surface area contributed by atoms with E-state index in [0.29, 0.717) is 49.4 Å². The van der Waals surface area contributed by atoms with Gasteiger partial charge in [0.15, 0.2) is 6.23 Å². The lowest BCUT2D eigenvalue weighted by Crippen LogP contribution is -2.59. The van der Waals surface area contributed by atoms with Crippen LogP contribution in [0.4, 0.5) is 10.5 Å². The van der Waals surface area contributed by atoms with E-state index in [2.05, 4.69) is 27.3 Å². The fraction of sp³-hybridized carbons (Fsp3) is 0.548. The van der Waals surface area contributed by atoms with Gasteiger partial charge in [0.2, 0.25) is 27.7 Å². The minimum atomic E-state index is -4.03. The van der Waals surface area contributed by atoms with Crippen LogP contribution in [-0.2, 0) is 29.1 Å². The van der Waals surface area contributed by atoms with Gasteiger partial charge in [-0.1, -0.05) is 38.5 Å². The quantitative estimate of drug-likeness (QED) is 0.245. The number of fused-ring (bicyclic) bond motifs is 3. The van der Waals surface area contributed by atoms with E-state index in [0.717, 1.165) is 17.5 Å². The molecule has 1 saturated heterocycles. The van der Waals surface area contributed by atoms with Gasteiger partial charge >= 0.3 is 6.09 Å². The summed E-state index contributed by atoms with van der Waals surface area (Å²) in [4.78, 5) is 63.4. The smallest absolute Gasteiger partial charge is 0.405 e. The molecule has 1 aromatic carbocycles. The van der Waals surface area contributed by atoms with Gasteiger partial charge in [-0.2, -0.15) is 0 Å². The maximum Gasteiger partial charge on any atom is 0.405 e. The highest BCUT2D eigenvalue weighted by atomic mass is 32.2. The highest BCUT2D eigenvalue weighted by molar-refractivity contribution is 7.91. The van der Waals surface area contributed by atoms with Crippen LogP contribution in [0, 0.1) is 17.8 Å². The van der Waals surface area contributed by atoms with Crippen molar-refractivity contribution >= 4 is 45.6 Å². The first-order chi connectivity index (χ1) is 28.1. The molecule has 4 N–H and O–H groups in total. The van der Waals surface area contributed by atoms with Crippen LogP contribution in [0.5, 0.6) is 11.6 Å². The van der Waals surface area contributed by atoms with Crippen LogP contribution in [0.25, 0.3) is 6.08 Å². The summed E-state index contributed by atoms with van der Waals surface area (Å²) in [7, 11) is -0.926. The molecular weight excluding hydrogens is 781 g/mol. The highest BCUT2D eigenvalue weighted by Gasteiger charge is 2.63. The molecule has 0 spiro atoms. The summed E-state index contributed by atoms with van der Waals surface area (Å²) in [6, 6.07) is 6.78. The molecule has 5 aliphatic rings. The van der Waals surface area contributed by atoms with Gasteiger partial charge in [0.1, 0.15) is 23.4 Å². The molecule has 3 aliphatic heterocycles. The molecule has 16 nitrogen and oxygen atoms in total. The average Bonchev–Trinajstić information content (AvgIpc) is 4.10. The number of pyridine rings is 1. The monoisotopic (exact) mass is 834 g/mol. The molecule has 59 heavy (non-hydrogen) atoms. The fourth-order valence-corrected chi connectivity index (χ4v) is 9.90. The minimum Gasteiger partial charge on any atom is -0.497 e. The molecule has 7 rings (SSSR count). The third-order valence-corrected chi connectivity index (χ3v) is 14.8. The average molecular weight is 835 g/mol. The second-order valence-electron chi connectivity index (χ2n) is 16.7. The van der Waals surface area contributed by atoms with Crippen molar-refractivity contribution < 1.29 is 46.9 Å². The van der Waals surface area contributed by atoms with Crippen molar-refractivity contribution in [1.29, 1.82) is 0 Å². The molecule has 2 saturated carbocycles. The van der Waals surface area contributed by atoms with Crippen LogP contribution in [0.3, 0.4) is 0 Å². The van der Waals surface area contributed by atoms with Crippen molar-refractivity contribution in [2.24, 2.45) is 17.8 Å². The van der Waals surface area contributed by atoms with Gasteiger partial charge in [-0.25, -0.2) is 18.2 Å². The van der Waals surface area contributed by atoms with E-state index in [1.165, 1.54) is 12.0 Å². The van der Waals surface area contributed by atoms with E-state index < -0.39 is 74.5 Å². The molecule has 1 aromatic heterocycles. The second kappa shape index (κ2) is 16.5. The molecule has 1 unspecified atom stereocenters. The third kappa shape index (κ3) is 8.49. The number of rotatable bonds is 10. The van der Waals surface area contributed by atoms with Crippen molar-refractivity contribution in [3.63, 3.8) is 0 Å². The number of carboxylic acid groups (broad SMARTS) is 1. The first-order valence-electron chi connectivity index (χ1n) is 20.3. The number of ether oxygens (including phenoxy) is 3. The maximum absolute atomic E-state index is 14.8. The second-order valence-corrected chi connectivity index (χ2v) is 18.9. The summed E-state index contributed by atoms with van der Waals surface area (Å²) < 4.78 is 45.4. The van der Waals surface area contributed by atoms with Gasteiger partial charge < -0.3 is 39.8 Å². The SMILES string of the molecule is CC[C@@H]1C[C@H](C)CC/C=C\[C@@H]2C[C@@]2(C(=O)NS(=O)(=O)C2(C)CC2)NC(=O)[C@@H]2C[C@@H](OC3c4ccc(OC)cc4C=CN3c3ccc(OC)nc3)CN2C(=O)[C@H]1NC(=O)O. The summed E-state index contributed by atoms with van der Waals surface area (Å²) in [5, 5.41) is 15.4. The number of allylic oxidation sites excluding steroid dienone is 1. The Morgan fingerprint density at radius 1 is 1.10 bits per heavy atom. The van der Waals surface area contributed by atoms with Gasteiger partial charge in [0.25, 0.3) is 5.91 Å². The third-order valence-electron chi connectivity index (χ3n) is 12.7. The number of anilines is 1. The van der Waals surface area contributed by atoms with E-state index >= 15 is 0 Å². The Morgan fingerprint density at radius 2 is 1.88 bits per heavy atom. The number of nitrogens with one attached hydrogen (secondary N) is 3. The lowest BCUT2D eigenvalue weighted by atomic mass is 9.85. The Labute approximate surface area is 344 Å². The molecule has 0 radical (unpaired) electrons. The number of hydrogen-bond donors (Lipinski definition) is 4. The molecule has 2 aromatic rings. The molecule has 0 bridgehead atoms. The number of amides is 4. The van der Waals surface area contributed by atoms with E-state index in [-0.39, 0.29) is 31.2 Å². The molecule has 8 atom stereocenters. The van der Waals surface area contributed by atoms with Gasteiger partial charge in [-0.15, -0.1) is 0 Å². The van der Waals surface area contributed by atoms with E-state index in [1.807, 2.05) is 60.5 Å². The van der Waals surface area contributed by atoms with E-state index in [9.17, 15) is 32.7 Å². The summed E-state index contributed by atoms with van der Waals surface area (Å²) in [6.45, 7) is 5.47. The van der Waals surface area contributed by atoms with Crippen LogP contribution in [0.2, 0.25) is 0 Å². The molecular formula is C42H54N6O10S. The number of nitrogens with zero attached hydrogens (tertiary/aromatic N) is 3. The number of benzene rings is 1. The Kier molecular flexibility index (Phi) is 11.7. The van der Waals surface area contributed by atoms with E-state index in [4.69, 9.17) is 14.2 Å². The van der Waals surface area contributed by atoms with Gasteiger partial charge in [-0.3, -0.25) is 19.1 Å². The van der Waals surface area contributed by atoms with Crippen LogP contribution in [0.1, 0.15) is 89.5 Å². The summed E-state index contributed by atoms with van der Waals surface area (Å²) in [6.07, 6.45) is 9.77. The fourth-order valence-electron chi connectivity index (χ4n) is 8.59. The van der Waals surface area contributed by atoms with Gasteiger partial charge in [0.05, 0.1) is 37.0 Å². The molecule has 17 heteroatoms. The van der Waals surface area contributed by atoms with Crippen LogP contribution >= 0.6 is 0 Å².